The van der Waals surface area contributed by atoms with E-state index in [1.54, 1.807) is 0 Å². The van der Waals surface area contributed by atoms with Gasteiger partial charge in [-0.05, 0) is 38.9 Å². The number of benzene rings is 1. The molecule has 2 rings (SSSR count). The molecule has 0 aromatic heterocycles. The van der Waals surface area contributed by atoms with Crippen LogP contribution in [0, 0.1) is 11.6 Å². The lowest BCUT2D eigenvalue weighted by Gasteiger charge is -2.41. The summed E-state index contributed by atoms with van der Waals surface area (Å²) in [5, 5.41) is 10.7. The molecule has 1 aromatic carbocycles. The molecule has 18 heavy (non-hydrogen) atoms. The lowest BCUT2D eigenvalue weighted by molar-refractivity contribution is -0.0435. The first kappa shape index (κ1) is 13.7. The van der Waals surface area contributed by atoms with Crippen molar-refractivity contribution in [1.29, 1.82) is 0 Å². The normalized spacial score (nSPS) is 29.6. The molecule has 5 heteroatoms. The Hall–Kier alpha value is -0.710. The SMILES string of the molecule is CC1CC(O)(c2c(Cl)ccc(F)c2F)CCN1C. The zero-order valence-electron chi connectivity index (χ0n) is 10.4. The summed E-state index contributed by atoms with van der Waals surface area (Å²) in [4.78, 5) is 2.07. The molecule has 0 saturated carbocycles. The average Bonchev–Trinajstić information content (AvgIpc) is 2.30. The molecule has 2 atom stereocenters. The lowest BCUT2D eigenvalue weighted by Crippen LogP contribution is -2.46. The molecule has 2 nitrogen and oxygen atoms in total. The Bertz CT molecular complexity index is 469. The Morgan fingerprint density at radius 1 is 1.44 bits per heavy atom. The topological polar surface area (TPSA) is 23.5 Å². The van der Waals surface area contributed by atoms with E-state index in [1.807, 2.05) is 14.0 Å². The van der Waals surface area contributed by atoms with Gasteiger partial charge in [0.25, 0.3) is 0 Å². The van der Waals surface area contributed by atoms with E-state index in [0.717, 1.165) is 6.07 Å². The van der Waals surface area contributed by atoms with Gasteiger partial charge in [-0.15, -0.1) is 0 Å². The molecule has 1 aliphatic heterocycles. The molecule has 1 fully saturated rings. The van der Waals surface area contributed by atoms with Crippen LogP contribution in [0.25, 0.3) is 0 Å². The monoisotopic (exact) mass is 275 g/mol. The van der Waals surface area contributed by atoms with Crippen molar-refractivity contribution in [2.45, 2.75) is 31.4 Å². The van der Waals surface area contributed by atoms with Crippen LogP contribution in [0.3, 0.4) is 0 Å². The summed E-state index contributed by atoms with van der Waals surface area (Å²) in [6.45, 7) is 2.55. The van der Waals surface area contributed by atoms with Gasteiger partial charge in [0.15, 0.2) is 11.6 Å². The van der Waals surface area contributed by atoms with Crippen molar-refractivity contribution in [1.82, 2.24) is 4.90 Å². The molecule has 1 aliphatic rings. The highest BCUT2D eigenvalue weighted by Crippen LogP contribution is 2.40. The van der Waals surface area contributed by atoms with Crippen molar-refractivity contribution in [3.8, 4) is 0 Å². The van der Waals surface area contributed by atoms with Crippen LogP contribution in [0.15, 0.2) is 12.1 Å². The van der Waals surface area contributed by atoms with Crippen LogP contribution in [0.4, 0.5) is 8.78 Å². The van der Waals surface area contributed by atoms with Gasteiger partial charge in [-0.25, -0.2) is 8.78 Å². The minimum atomic E-state index is -1.39. The van der Waals surface area contributed by atoms with Crippen LogP contribution in [0.1, 0.15) is 25.3 Å². The summed E-state index contributed by atoms with van der Waals surface area (Å²) in [5.41, 5.74) is -1.50. The zero-order chi connectivity index (χ0) is 13.5. The Kier molecular flexibility index (Phi) is 3.63. The van der Waals surface area contributed by atoms with Crippen molar-refractivity contribution in [2.75, 3.05) is 13.6 Å². The predicted octanol–water partition coefficient (Wildman–Crippen LogP) is 2.92. The molecule has 0 spiro atoms. The highest BCUT2D eigenvalue weighted by Gasteiger charge is 2.40. The Morgan fingerprint density at radius 2 is 2.11 bits per heavy atom. The fraction of sp³-hybridized carbons (Fsp3) is 0.538. The highest BCUT2D eigenvalue weighted by atomic mass is 35.5. The highest BCUT2D eigenvalue weighted by molar-refractivity contribution is 6.31. The van der Waals surface area contributed by atoms with E-state index in [0.29, 0.717) is 19.4 Å². The Labute approximate surface area is 110 Å². The molecule has 0 aliphatic carbocycles. The third-order valence-electron chi connectivity index (χ3n) is 3.77. The van der Waals surface area contributed by atoms with Gasteiger partial charge in [0, 0.05) is 23.2 Å². The van der Waals surface area contributed by atoms with Crippen molar-refractivity contribution in [2.24, 2.45) is 0 Å². The summed E-state index contributed by atoms with van der Waals surface area (Å²) in [5.74, 6) is -2.02. The second kappa shape index (κ2) is 4.76. The molecule has 0 radical (unpaired) electrons. The summed E-state index contributed by atoms with van der Waals surface area (Å²) in [7, 11) is 1.94. The van der Waals surface area contributed by atoms with Gasteiger partial charge >= 0.3 is 0 Å². The second-order valence-corrected chi connectivity index (χ2v) is 5.44. The molecule has 0 amide bonds. The van der Waals surface area contributed by atoms with Gasteiger partial charge in [-0.2, -0.15) is 0 Å². The molecule has 1 aromatic rings. The van der Waals surface area contributed by atoms with Crippen molar-refractivity contribution in [3.05, 3.63) is 34.4 Å². The van der Waals surface area contributed by atoms with E-state index in [-0.39, 0.29) is 16.6 Å². The summed E-state index contributed by atoms with van der Waals surface area (Å²) in [6.07, 6.45) is 0.678. The van der Waals surface area contributed by atoms with Crippen LogP contribution in [-0.2, 0) is 5.60 Å². The molecule has 1 N–H and O–H groups in total. The number of piperidine rings is 1. The van der Waals surface area contributed by atoms with E-state index in [9.17, 15) is 13.9 Å². The zero-order valence-corrected chi connectivity index (χ0v) is 11.1. The Balaban J connectivity index is 2.45. The van der Waals surface area contributed by atoms with Gasteiger partial charge in [-0.3, -0.25) is 0 Å². The van der Waals surface area contributed by atoms with E-state index in [4.69, 9.17) is 11.6 Å². The molecule has 1 saturated heterocycles. The van der Waals surface area contributed by atoms with Crippen molar-refractivity contribution < 1.29 is 13.9 Å². The molecule has 0 bridgehead atoms. The molecule has 100 valence electrons. The number of aliphatic hydroxyl groups is 1. The van der Waals surface area contributed by atoms with E-state index in [1.165, 1.54) is 6.07 Å². The fourth-order valence-corrected chi connectivity index (χ4v) is 2.83. The number of halogens is 3. The van der Waals surface area contributed by atoms with Gasteiger partial charge in [0.1, 0.15) is 0 Å². The van der Waals surface area contributed by atoms with E-state index in [2.05, 4.69) is 4.90 Å². The number of nitrogens with zero attached hydrogens (tertiary/aromatic N) is 1. The number of rotatable bonds is 1. The minimum absolute atomic E-state index is 0.0770. The first-order valence-corrected chi connectivity index (χ1v) is 6.29. The fourth-order valence-electron chi connectivity index (χ4n) is 2.51. The summed E-state index contributed by atoms with van der Waals surface area (Å²) >= 11 is 5.93. The molecule has 2 unspecified atom stereocenters. The number of hydrogen-bond acceptors (Lipinski definition) is 2. The minimum Gasteiger partial charge on any atom is -0.385 e. The van der Waals surface area contributed by atoms with Gasteiger partial charge in [0.05, 0.1) is 5.60 Å². The maximum absolute atomic E-state index is 13.9. The second-order valence-electron chi connectivity index (χ2n) is 5.03. The first-order chi connectivity index (χ1) is 8.35. The van der Waals surface area contributed by atoms with Crippen molar-refractivity contribution in [3.63, 3.8) is 0 Å². The number of likely N-dealkylation sites (tertiary alicyclic amines) is 1. The molecular formula is C13H16ClF2NO. The van der Waals surface area contributed by atoms with E-state index >= 15 is 0 Å². The lowest BCUT2D eigenvalue weighted by atomic mass is 9.81. The van der Waals surface area contributed by atoms with Crippen LogP contribution >= 0.6 is 11.6 Å². The van der Waals surface area contributed by atoms with Crippen LogP contribution in [-0.4, -0.2) is 29.6 Å². The standard InChI is InChI=1S/C13H16ClF2NO/c1-8-7-13(18,5-6-17(8)2)11-9(14)3-4-10(15)12(11)16/h3-4,8,18H,5-7H2,1-2H3. The van der Waals surface area contributed by atoms with Crippen LogP contribution in [0.5, 0.6) is 0 Å². The van der Waals surface area contributed by atoms with Crippen LogP contribution in [0.2, 0.25) is 5.02 Å². The summed E-state index contributed by atoms with van der Waals surface area (Å²) < 4.78 is 27.2. The van der Waals surface area contributed by atoms with Gasteiger partial charge in [-0.1, -0.05) is 11.6 Å². The summed E-state index contributed by atoms with van der Waals surface area (Å²) in [6, 6.07) is 2.35. The first-order valence-electron chi connectivity index (χ1n) is 5.92. The molecule has 1 heterocycles. The quantitative estimate of drug-likeness (QED) is 0.797. The smallest absolute Gasteiger partial charge is 0.166 e. The third kappa shape index (κ3) is 2.25. The average molecular weight is 276 g/mol. The Morgan fingerprint density at radius 3 is 2.72 bits per heavy atom. The van der Waals surface area contributed by atoms with Crippen molar-refractivity contribution >= 4 is 11.6 Å². The number of hydrogen-bond donors (Lipinski definition) is 1. The maximum Gasteiger partial charge on any atom is 0.166 e. The van der Waals surface area contributed by atoms with E-state index < -0.39 is 17.2 Å². The predicted molar refractivity (Wildman–Crippen MR) is 66.6 cm³/mol. The largest absolute Gasteiger partial charge is 0.385 e. The third-order valence-corrected chi connectivity index (χ3v) is 4.09. The van der Waals surface area contributed by atoms with Gasteiger partial charge < -0.3 is 10.0 Å². The van der Waals surface area contributed by atoms with Gasteiger partial charge in [0.2, 0.25) is 0 Å². The molecular weight excluding hydrogens is 260 g/mol. The van der Waals surface area contributed by atoms with Crippen LogP contribution < -0.4 is 0 Å². The maximum atomic E-state index is 13.9.